The van der Waals surface area contributed by atoms with Gasteiger partial charge in [0.05, 0.1) is 0 Å². The van der Waals surface area contributed by atoms with Crippen molar-refractivity contribution >= 4 is 15.9 Å². The Morgan fingerprint density at radius 3 is 2.47 bits per heavy atom. The number of halogens is 1. The van der Waals surface area contributed by atoms with Crippen LogP contribution >= 0.6 is 15.9 Å². The van der Waals surface area contributed by atoms with Gasteiger partial charge in [-0.15, -0.1) is 0 Å². The first kappa shape index (κ1) is 13.8. The molecular weight excluding hydrogens is 276 g/mol. The summed E-state index contributed by atoms with van der Waals surface area (Å²) in [6, 6.07) is 0.783. The second-order valence-corrected chi connectivity index (χ2v) is 6.90. The summed E-state index contributed by atoms with van der Waals surface area (Å²) < 4.78 is 0. The van der Waals surface area contributed by atoms with Crippen LogP contribution in [0.25, 0.3) is 0 Å². The number of alkyl halides is 1. The highest BCUT2D eigenvalue weighted by Crippen LogP contribution is 2.39. The van der Waals surface area contributed by atoms with Crippen molar-refractivity contribution in [2.24, 2.45) is 5.41 Å². The van der Waals surface area contributed by atoms with Gasteiger partial charge < -0.3 is 9.80 Å². The predicted octanol–water partition coefficient (Wildman–Crippen LogP) is 2.97. The van der Waals surface area contributed by atoms with Crippen molar-refractivity contribution in [3.05, 3.63) is 0 Å². The molecule has 0 N–H and O–H groups in total. The molecule has 1 aliphatic heterocycles. The minimum absolute atomic E-state index is 0.583. The summed E-state index contributed by atoms with van der Waals surface area (Å²) in [4.78, 5) is 5.10. The lowest BCUT2D eigenvalue weighted by Crippen LogP contribution is -2.41. The average molecular weight is 303 g/mol. The van der Waals surface area contributed by atoms with Crippen LogP contribution in [-0.2, 0) is 0 Å². The van der Waals surface area contributed by atoms with Crippen LogP contribution in [-0.4, -0.2) is 54.9 Å². The van der Waals surface area contributed by atoms with E-state index in [0.29, 0.717) is 5.41 Å². The van der Waals surface area contributed by atoms with E-state index in [1.165, 1.54) is 63.5 Å². The number of rotatable bonds is 4. The van der Waals surface area contributed by atoms with E-state index in [0.717, 1.165) is 6.04 Å². The van der Waals surface area contributed by atoms with Gasteiger partial charge in [0.25, 0.3) is 0 Å². The van der Waals surface area contributed by atoms with Crippen molar-refractivity contribution in [1.82, 2.24) is 9.80 Å². The van der Waals surface area contributed by atoms with Gasteiger partial charge in [0.1, 0.15) is 0 Å². The molecular formula is C14H27BrN2. The minimum Gasteiger partial charge on any atom is -0.305 e. The third kappa shape index (κ3) is 3.45. The zero-order chi connectivity index (χ0) is 12.3. The van der Waals surface area contributed by atoms with E-state index in [1.54, 1.807) is 0 Å². The fourth-order valence-electron chi connectivity index (χ4n) is 3.49. The van der Waals surface area contributed by atoms with Crippen molar-refractivity contribution in [1.29, 1.82) is 0 Å². The molecule has 0 spiro atoms. The van der Waals surface area contributed by atoms with Crippen molar-refractivity contribution in [2.75, 3.05) is 39.1 Å². The lowest BCUT2D eigenvalue weighted by Gasteiger charge is -2.39. The Morgan fingerprint density at radius 1 is 1.24 bits per heavy atom. The van der Waals surface area contributed by atoms with E-state index in [1.807, 2.05) is 0 Å². The molecule has 1 heterocycles. The smallest absolute Gasteiger partial charge is 0.0229 e. The summed E-state index contributed by atoms with van der Waals surface area (Å²) in [5, 5.41) is 1.20. The van der Waals surface area contributed by atoms with Gasteiger partial charge in [-0.3, -0.25) is 0 Å². The topological polar surface area (TPSA) is 6.48 Å². The summed E-state index contributed by atoms with van der Waals surface area (Å²) in [6.07, 6.45) is 8.55. The Balaban J connectivity index is 1.87. The quantitative estimate of drug-likeness (QED) is 0.737. The average Bonchev–Trinajstić information content (AvgIpc) is 2.79. The molecule has 2 fully saturated rings. The molecule has 100 valence electrons. The SMILES string of the molecule is CN(C)C1CCN(CC2(CBr)CCCCC2)C1. The Kier molecular flexibility index (Phi) is 4.90. The molecule has 1 aliphatic carbocycles. The van der Waals surface area contributed by atoms with Crippen LogP contribution in [0, 0.1) is 5.41 Å². The molecule has 1 saturated carbocycles. The first-order chi connectivity index (χ1) is 8.15. The van der Waals surface area contributed by atoms with E-state index < -0.39 is 0 Å². The van der Waals surface area contributed by atoms with Crippen LogP contribution in [0.15, 0.2) is 0 Å². The van der Waals surface area contributed by atoms with Crippen molar-refractivity contribution in [3.8, 4) is 0 Å². The monoisotopic (exact) mass is 302 g/mol. The Bertz CT molecular complexity index is 236. The molecule has 0 aromatic heterocycles. The lowest BCUT2D eigenvalue weighted by molar-refractivity contribution is 0.138. The number of hydrogen-bond acceptors (Lipinski definition) is 2. The lowest BCUT2D eigenvalue weighted by atomic mass is 9.75. The number of hydrogen-bond donors (Lipinski definition) is 0. The van der Waals surface area contributed by atoms with E-state index in [-0.39, 0.29) is 0 Å². The molecule has 1 saturated heterocycles. The van der Waals surface area contributed by atoms with Gasteiger partial charge in [0.2, 0.25) is 0 Å². The third-order valence-corrected chi connectivity index (χ3v) is 5.92. The van der Waals surface area contributed by atoms with Gasteiger partial charge >= 0.3 is 0 Å². The third-order valence-electron chi connectivity index (χ3n) is 4.73. The summed E-state index contributed by atoms with van der Waals surface area (Å²) in [7, 11) is 4.43. The fraction of sp³-hybridized carbons (Fsp3) is 1.00. The summed E-state index contributed by atoms with van der Waals surface area (Å²) >= 11 is 3.78. The highest BCUT2D eigenvalue weighted by molar-refractivity contribution is 9.09. The molecule has 0 aromatic rings. The van der Waals surface area contributed by atoms with Crippen molar-refractivity contribution in [3.63, 3.8) is 0 Å². The van der Waals surface area contributed by atoms with Crippen LogP contribution in [0.5, 0.6) is 0 Å². The normalized spacial score (nSPS) is 30.0. The molecule has 2 aliphatic rings. The van der Waals surface area contributed by atoms with Crippen LogP contribution in [0.4, 0.5) is 0 Å². The summed E-state index contributed by atoms with van der Waals surface area (Å²) in [6.45, 7) is 3.90. The number of nitrogens with zero attached hydrogens (tertiary/aromatic N) is 2. The molecule has 1 atom stereocenters. The van der Waals surface area contributed by atoms with Crippen LogP contribution in [0.2, 0.25) is 0 Å². The minimum atomic E-state index is 0.583. The van der Waals surface area contributed by atoms with Gasteiger partial charge in [0, 0.05) is 24.5 Å². The maximum atomic E-state index is 3.78. The zero-order valence-corrected chi connectivity index (χ0v) is 13.0. The van der Waals surface area contributed by atoms with Crippen LogP contribution in [0.1, 0.15) is 38.5 Å². The second-order valence-electron chi connectivity index (χ2n) is 6.34. The molecule has 2 rings (SSSR count). The largest absolute Gasteiger partial charge is 0.305 e. The van der Waals surface area contributed by atoms with Gasteiger partial charge in [-0.1, -0.05) is 35.2 Å². The number of likely N-dealkylation sites (tertiary alicyclic amines) is 1. The van der Waals surface area contributed by atoms with Crippen molar-refractivity contribution < 1.29 is 0 Å². The highest BCUT2D eigenvalue weighted by Gasteiger charge is 2.35. The molecule has 0 aromatic carbocycles. The van der Waals surface area contributed by atoms with E-state index in [4.69, 9.17) is 0 Å². The standard InChI is InChI=1S/C14H27BrN2/c1-16(2)13-6-9-17(10-13)12-14(11-15)7-4-3-5-8-14/h13H,3-12H2,1-2H3. The van der Waals surface area contributed by atoms with Gasteiger partial charge in [-0.05, 0) is 45.3 Å². The summed E-state index contributed by atoms with van der Waals surface area (Å²) in [5.74, 6) is 0. The van der Waals surface area contributed by atoms with Crippen molar-refractivity contribution in [2.45, 2.75) is 44.6 Å². The molecule has 2 nitrogen and oxygen atoms in total. The summed E-state index contributed by atoms with van der Waals surface area (Å²) in [5.41, 5.74) is 0.583. The second kappa shape index (κ2) is 6.03. The molecule has 0 radical (unpaired) electrons. The number of likely N-dealkylation sites (N-methyl/N-ethyl adjacent to an activating group) is 1. The van der Waals surface area contributed by atoms with Crippen LogP contribution in [0.3, 0.4) is 0 Å². The van der Waals surface area contributed by atoms with Gasteiger partial charge in [-0.25, -0.2) is 0 Å². The maximum absolute atomic E-state index is 3.78. The van der Waals surface area contributed by atoms with E-state index >= 15 is 0 Å². The highest BCUT2D eigenvalue weighted by atomic mass is 79.9. The van der Waals surface area contributed by atoms with Gasteiger partial charge in [-0.2, -0.15) is 0 Å². The van der Waals surface area contributed by atoms with E-state index in [9.17, 15) is 0 Å². The molecule has 0 bridgehead atoms. The van der Waals surface area contributed by atoms with E-state index in [2.05, 4.69) is 39.8 Å². The fourth-order valence-corrected chi connectivity index (χ4v) is 4.23. The molecule has 0 amide bonds. The molecule has 3 heteroatoms. The predicted molar refractivity (Wildman–Crippen MR) is 77.8 cm³/mol. The molecule has 17 heavy (non-hydrogen) atoms. The Hall–Kier alpha value is 0.400. The Labute approximate surface area is 115 Å². The zero-order valence-electron chi connectivity index (χ0n) is 11.4. The first-order valence-electron chi connectivity index (χ1n) is 7.10. The molecule has 1 unspecified atom stereocenters. The van der Waals surface area contributed by atoms with Gasteiger partial charge in [0.15, 0.2) is 0 Å². The first-order valence-corrected chi connectivity index (χ1v) is 8.22. The maximum Gasteiger partial charge on any atom is 0.0229 e. The van der Waals surface area contributed by atoms with Crippen LogP contribution < -0.4 is 0 Å². The Morgan fingerprint density at radius 2 is 1.94 bits per heavy atom.